The van der Waals surface area contributed by atoms with Crippen LogP contribution in [0.3, 0.4) is 0 Å². The zero-order valence-corrected chi connectivity index (χ0v) is 30.9. The van der Waals surface area contributed by atoms with Crippen LogP contribution in [0.2, 0.25) is 0 Å². The normalized spacial score (nSPS) is 11.6. The summed E-state index contributed by atoms with van der Waals surface area (Å²) in [6.45, 7) is 0. The molecule has 0 bridgehead atoms. The van der Waals surface area contributed by atoms with Crippen LogP contribution in [0.1, 0.15) is 0 Å². The van der Waals surface area contributed by atoms with Gasteiger partial charge >= 0.3 is 0 Å². The number of fused-ring (bicyclic) bond motifs is 6. The second-order valence-electron chi connectivity index (χ2n) is 13.9. The molecule has 4 aromatic heterocycles. The Hall–Kier alpha value is -7.28. The van der Waals surface area contributed by atoms with Crippen LogP contribution in [-0.2, 0) is 0 Å². The molecular formula is C50H31N5S. The minimum absolute atomic E-state index is 0.622. The highest BCUT2D eigenvalue weighted by molar-refractivity contribution is 7.25. The summed E-state index contributed by atoms with van der Waals surface area (Å²) in [6, 6.07) is 65.6. The fourth-order valence-corrected chi connectivity index (χ4v) is 9.00. The van der Waals surface area contributed by atoms with E-state index in [-0.39, 0.29) is 0 Å². The Morgan fingerprint density at radius 2 is 0.964 bits per heavy atom. The monoisotopic (exact) mass is 733 g/mol. The van der Waals surface area contributed by atoms with Gasteiger partial charge in [0.05, 0.1) is 11.2 Å². The number of rotatable bonds is 6. The first-order valence-electron chi connectivity index (χ1n) is 18.7. The zero-order chi connectivity index (χ0) is 37.0. The van der Waals surface area contributed by atoms with Crippen molar-refractivity contribution in [1.82, 2.24) is 24.6 Å². The number of nitrogens with zero attached hydrogens (tertiary/aromatic N) is 5. The van der Waals surface area contributed by atoms with E-state index in [4.69, 9.17) is 20.1 Å². The van der Waals surface area contributed by atoms with E-state index in [1.165, 1.54) is 20.2 Å². The van der Waals surface area contributed by atoms with Crippen molar-refractivity contribution in [1.29, 1.82) is 0 Å². The molecule has 11 rings (SSSR count). The minimum atomic E-state index is 0.622. The van der Waals surface area contributed by atoms with E-state index in [1.54, 1.807) is 11.3 Å². The maximum Gasteiger partial charge on any atom is 0.164 e. The highest BCUT2D eigenvalue weighted by Crippen LogP contribution is 2.42. The Labute approximate surface area is 326 Å². The highest BCUT2D eigenvalue weighted by Gasteiger charge is 2.22. The molecular weight excluding hydrogens is 703 g/mol. The third-order valence-electron chi connectivity index (χ3n) is 10.5. The minimum Gasteiger partial charge on any atom is -0.231 e. The molecule has 0 spiro atoms. The lowest BCUT2D eigenvalue weighted by Crippen LogP contribution is -2.00. The molecule has 0 radical (unpaired) electrons. The van der Waals surface area contributed by atoms with Crippen LogP contribution in [0.5, 0.6) is 0 Å². The van der Waals surface area contributed by atoms with Gasteiger partial charge in [0, 0.05) is 58.9 Å². The number of hydrogen-bond donors (Lipinski definition) is 0. The van der Waals surface area contributed by atoms with E-state index in [2.05, 4.69) is 168 Å². The molecule has 262 valence electrons. The summed E-state index contributed by atoms with van der Waals surface area (Å²) in [6.07, 6.45) is 0. The van der Waals surface area contributed by atoms with Gasteiger partial charge in [0.2, 0.25) is 0 Å². The molecule has 4 heterocycles. The highest BCUT2D eigenvalue weighted by atomic mass is 32.1. The van der Waals surface area contributed by atoms with Gasteiger partial charge in [-0.3, -0.25) is 0 Å². The van der Waals surface area contributed by atoms with Gasteiger partial charge in [0.15, 0.2) is 17.5 Å². The summed E-state index contributed by atoms with van der Waals surface area (Å²) < 4.78 is 4.58. The van der Waals surface area contributed by atoms with Crippen molar-refractivity contribution in [2.24, 2.45) is 0 Å². The third kappa shape index (κ3) is 5.38. The molecule has 0 fully saturated rings. The van der Waals surface area contributed by atoms with E-state index in [0.717, 1.165) is 66.6 Å². The molecule has 0 saturated heterocycles. The Kier molecular flexibility index (Phi) is 7.60. The van der Waals surface area contributed by atoms with Gasteiger partial charge in [0.1, 0.15) is 5.69 Å². The van der Waals surface area contributed by atoms with Gasteiger partial charge in [-0.2, -0.15) is 5.10 Å². The molecule has 11 aromatic rings. The molecule has 0 atom stereocenters. The number of pyridine rings is 1. The average molecular weight is 734 g/mol. The first-order chi connectivity index (χ1) is 27.8. The van der Waals surface area contributed by atoms with Crippen LogP contribution in [0.4, 0.5) is 0 Å². The molecule has 0 aliphatic carbocycles. The van der Waals surface area contributed by atoms with E-state index in [1.807, 2.05) is 24.3 Å². The Morgan fingerprint density at radius 3 is 1.70 bits per heavy atom. The van der Waals surface area contributed by atoms with Gasteiger partial charge in [-0.15, -0.1) is 11.3 Å². The summed E-state index contributed by atoms with van der Waals surface area (Å²) in [7, 11) is 0. The number of thiophene rings is 1. The summed E-state index contributed by atoms with van der Waals surface area (Å²) in [5.41, 5.74) is 10.2. The predicted molar refractivity (Wildman–Crippen MR) is 232 cm³/mol. The van der Waals surface area contributed by atoms with Gasteiger partial charge in [-0.1, -0.05) is 170 Å². The summed E-state index contributed by atoms with van der Waals surface area (Å²) in [4.78, 5) is 15.4. The van der Waals surface area contributed by atoms with Crippen molar-refractivity contribution in [3.05, 3.63) is 188 Å². The van der Waals surface area contributed by atoms with Crippen LogP contribution in [0.25, 0.3) is 104 Å². The lowest BCUT2D eigenvalue weighted by Gasteiger charge is -2.11. The first-order valence-corrected chi connectivity index (χ1v) is 19.5. The molecule has 0 N–H and O–H groups in total. The van der Waals surface area contributed by atoms with Crippen LogP contribution in [0.15, 0.2) is 188 Å². The third-order valence-corrected chi connectivity index (χ3v) is 11.6. The van der Waals surface area contributed by atoms with E-state index >= 15 is 0 Å². The van der Waals surface area contributed by atoms with Crippen LogP contribution >= 0.6 is 11.3 Å². The standard InChI is InChI=1S/C50H31N5S/c1-4-15-32(16-5-1)41-31-37-21-10-11-22-38(37)47-44(46(54-55(41)47)34-17-6-2-7-18-34)33-27-29-36(30-28-33)49-51-48(35-19-8-3-9-20-35)52-50(53-49)40-24-14-26-43-45(40)39-23-12-13-25-42(39)56-43/h1-31H. The smallest absolute Gasteiger partial charge is 0.164 e. The number of aromatic nitrogens is 5. The molecule has 0 aliphatic rings. The average Bonchev–Trinajstić information content (AvgIpc) is 3.87. The number of benzene rings is 7. The van der Waals surface area contributed by atoms with Crippen molar-refractivity contribution in [2.45, 2.75) is 0 Å². The molecule has 56 heavy (non-hydrogen) atoms. The van der Waals surface area contributed by atoms with E-state index in [0.29, 0.717) is 17.5 Å². The molecule has 0 saturated carbocycles. The molecule has 0 aliphatic heterocycles. The van der Waals surface area contributed by atoms with Crippen molar-refractivity contribution in [3.63, 3.8) is 0 Å². The lowest BCUT2D eigenvalue weighted by atomic mass is 9.96. The zero-order valence-electron chi connectivity index (χ0n) is 30.0. The number of hydrogen-bond acceptors (Lipinski definition) is 5. The topological polar surface area (TPSA) is 56.0 Å². The Balaban J connectivity index is 1.12. The maximum atomic E-state index is 5.38. The van der Waals surface area contributed by atoms with Crippen molar-refractivity contribution >= 4 is 47.8 Å². The fourth-order valence-electron chi connectivity index (χ4n) is 7.86. The molecule has 6 heteroatoms. The Morgan fingerprint density at radius 1 is 0.411 bits per heavy atom. The van der Waals surface area contributed by atoms with Crippen LogP contribution < -0.4 is 0 Å². The maximum absolute atomic E-state index is 5.38. The van der Waals surface area contributed by atoms with Crippen LogP contribution in [0, 0.1) is 0 Å². The SMILES string of the molecule is c1ccc(-c2nc(-c3ccc(-c4c(-c5ccccc5)nn5c(-c6ccccc6)cc6ccccc6c45)cc3)nc(-c3cccc4sc5ccccc5c34)n2)cc1. The van der Waals surface area contributed by atoms with Crippen molar-refractivity contribution < 1.29 is 0 Å². The second kappa shape index (κ2) is 13.2. The summed E-state index contributed by atoms with van der Waals surface area (Å²) in [5, 5.41) is 10.1. The summed E-state index contributed by atoms with van der Waals surface area (Å²) >= 11 is 1.79. The van der Waals surface area contributed by atoms with Gasteiger partial charge < -0.3 is 0 Å². The van der Waals surface area contributed by atoms with Crippen LogP contribution in [-0.4, -0.2) is 24.6 Å². The van der Waals surface area contributed by atoms with Gasteiger partial charge in [0.25, 0.3) is 0 Å². The molecule has 0 amide bonds. The second-order valence-corrected chi connectivity index (χ2v) is 14.9. The van der Waals surface area contributed by atoms with E-state index in [9.17, 15) is 0 Å². The first kappa shape index (κ1) is 32.2. The summed E-state index contributed by atoms with van der Waals surface area (Å²) in [5.74, 6) is 1.91. The van der Waals surface area contributed by atoms with E-state index < -0.39 is 0 Å². The molecule has 0 unspecified atom stereocenters. The quantitative estimate of drug-likeness (QED) is 0.171. The molecule has 7 aromatic carbocycles. The van der Waals surface area contributed by atoms with Gasteiger partial charge in [-0.05, 0) is 29.1 Å². The lowest BCUT2D eigenvalue weighted by molar-refractivity contribution is 0.979. The largest absolute Gasteiger partial charge is 0.231 e. The van der Waals surface area contributed by atoms with Crippen molar-refractivity contribution in [3.8, 4) is 67.8 Å². The molecule has 5 nitrogen and oxygen atoms in total. The van der Waals surface area contributed by atoms with Crippen molar-refractivity contribution in [2.75, 3.05) is 0 Å². The predicted octanol–water partition coefficient (Wildman–Crippen LogP) is 13.0. The Bertz CT molecular complexity index is 3230. The van der Waals surface area contributed by atoms with Gasteiger partial charge in [-0.25, -0.2) is 19.5 Å². The fraction of sp³-hybridized carbons (Fsp3) is 0.